The van der Waals surface area contributed by atoms with Crippen LogP contribution in [0.15, 0.2) is 41.4 Å². The summed E-state index contributed by atoms with van der Waals surface area (Å²) < 4.78 is 0. The Balaban J connectivity index is 1.72. The van der Waals surface area contributed by atoms with Gasteiger partial charge in [0.15, 0.2) is 5.96 Å². The largest absolute Gasteiger partial charge is 0.368 e. The molecule has 2 rings (SSSR count). The van der Waals surface area contributed by atoms with E-state index in [9.17, 15) is 4.79 Å². The molecule has 0 spiro atoms. The summed E-state index contributed by atoms with van der Waals surface area (Å²) >= 11 is 0. The smallest absolute Gasteiger partial charge is 0.239 e. The second kappa shape index (κ2) is 9.03. The van der Waals surface area contributed by atoms with E-state index in [0.29, 0.717) is 19.0 Å². The molecule has 0 saturated carbocycles. The number of aliphatic imine (C=N–C) groups is 1. The first-order chi connectivity index (χ1) is 12.4. The van der Waals surface area contributed by atoms with Crippen LogP contribution in [0.1, 0.15) is 20.8 Å². The van der Waals surface area contributed by atoms with Crippen LogP contribution >= 0.6 is 0 Å². The van der Waals surface area contributed by atoms with Crippen molar-refractivity contribution in [2.75, 3.05) is 32.0 Å². The number of anilines is 1. The van der Waals surface area contributed by atoms with E-state index in [-0.39, 0.29) is 18.0 Å². The lowest BCUT2D eigenvalue weighted by atomic mass is 10.1. The fourth-order valence-electron chi connectivity index (χ4n) is 2.38. The average molecular weight is 356 g/mol. The zero-order valence-corrected chi connectivity index (χ0v) is 15.9. The van der Waals surface area contributed by atoms with Crippen molar-refractivity contribution in [1.29, 1.82) is 0 Å². The first-order valence-corrected chi connectivity index (χ1v) is 8.72. The van der Waals surface area contributed by atoms with E-state index in [1.807, 2.05) is 57.2 Å². The maximum Gasteiger partial charge on any atom is 0.239 e. The van der Waals surface area contributed by atoms with Crippen molar-refractivity contribution < 1.29 is 4.79 Å². The van der Waals surface area contributed by atoms with E-state index in [4.69, 9.17) is 0 Å². The predicted molar refractivity (Wildman–Crippen MR) is 107 cm³/mol. The van der Waals surface area contributed by atoms with Crippen LogP contribution in [0, 0.1) is 0 Å². The Morgan fingerprint density at radius 1 is 1.08 bits per heavy atom. The van der Waals surface area contributed by atoms with Crippen LogP contribution in [-0.2, 0) is 4.79 Å². The number of nitrogens with zero attached hydrogens (tertiary/aromatic N) is 2. The van der Waals surface area contributed by atoms with E-state index in [2.05, 4.69) is 31.2 Å². The van der Waals surface area contributed by atoms with Gasteiger partial charge in [-0.25, -0.2) is 4.98 Å². The van der Waals surface area contributed by atoms with Crippen molar-refractivity contribution in [3.8, 4) is 0 Å². The Kier molecular flexibility index (Phi) is 6.77. The lowest BCUT2D eigenvalue weighted by Gasteiger charge is -2.21. The summed E-state index contributed by atoms with van der Waals surface area (Å²) in [6, 6.07) is 12.0. The SMILES string of the molecule is CN=C(NCCNc1ccc2ccccc2n1)NCC(=O)NC(C)(C)C. The van der Waals surface area contributed by atoms with E-state index >= 15 is 0 Å². The highest BCUT2D eigenvalue weighted by atomic mass is 16.2. The Morgan fingerprint density at radius 3 is 2.58 bits per heavy atom. The summed E-state index contributed by atoms with van der Waals surface area (Å²) in [5, 5.41) is 13.5. The standard InChI is InChI=1S/C19H28N6O/c1-19(2,3)25-17(26)13-23-18(20-4)22-12-11-21-16-10-9-14-7-5-6-8-15(14)24-16/h5-10H,11-13H2,1-4H3,(H,21,24)(H,25,26)(H2,20,22,23). The van der Waals surface area contributed by atoms with Crippen LogP contribution in [0.4, 0.5) is 5.82 Å². The fourth-order valence-corrected chi connectivity index (χ4v) is 2.38. The van der Waals surface area contributed by atoms with Crippen molar-refractivity contribution in [1.82, 2.24) is 20.9 Å². The molecule has 7 nitrogen and oxygen atoms in total. The number of nitrogens with one attached hydrogen (secondary N) is 4. The first-order valence-electron chi connectivity index (χ1n) is 8.72. The monoisotopic (exact) mass is 356 g/mol. The third-order valence-corrected chi connectivity index (χ3v) is 3.48. The number of benzene rings is 1. The number of carbonyl (C=O) groups excluding carboxylic acids is 1. The van der Waals surface area contributed by atoms with E-state index in [1.165, 1.54) is 0 Å². The molecule has 0 aliphatic carbocycles. The van der Waals surface area contributed by atoms with Gasteiger partial charge in [0.1, 0.15) is 5.82 Å². The lowest BCUT2D eigenvalue weighted by Crippen LogP contribution is -2.48. The number of aromatic nitrogens is 1. The van der Waals surface area contributed by atoms with Gasteiger partial charge in [-0.1, -0.05) is 18.2 Å². The van der Waals surface area contributed by atoms with Crippen molar-refractivity contribution in [3.63, 3.8) is 0 Å². The quantitative estimate of drug-likeness (QED) is 0.359. The summed E-state index contributed by atoms with van der Waals surface area (Å²) in [6.45, 7) is 7.35. The zero-order chi connectivity index (χ0) is 19.0. The number of fused-ring (bicyclic) bond motifs is 1. The third kappa shape index (κ3) is 6.58. The molecule has 0 aliphatic rings. The number of guanidine groups is 1. The van der Waals surface area contributed by atoms with Crippen LogP contribution in [0.2, 0.25) is 0 Å². The maximum absolute atomic E-state index is 11.8. The maximum atomic E-state index is 11.8. The minimum atomic E-state index is -0.244. The van der Waals surface area contributed by atoms with E-state index in [0.717, 1.165) is 16.7 Å². The van der Waals surface area contributed by atoms with Gasteiger partial charge in [-0.15, -0.1) is 0 Å². The number of hydrogen-bond acceptors (Lipinski definition) is 4. The minimum Gasteiger partial charge on any atom is -0.368 e. The summed E-state index contributed by atoms with van der Waals surface area (Å²) in [5.41, 5.74) is 0.722. The molecule has 26 heavy (non-hydrogen) atoms. The van der Waals surface area contributed by atoms with Crippen LogP contribution < -0.4 is 21.3 Å². The van der Waals surface area contributed by atoms with Crippen molar-refractivity contribution in [2.24, 2.45) is 4.99 Å². The molecule has 1 amide bonds. The molecule has 2 aromatic rings. The Morgan fingerprint density at radius 2 is 1.85 bits per heavy atom. The molecule has 0 radical (unpaired) electrons. The molecule has 0 bridgehead atoms. The van der Waals surface area contributed by atoms with Gasteiger partial charge < -0.3 is 21.3 Å². The number of para-hydroxylation sites is 1. The zero-order valence-electron chi connectivity index (χ0n) is 15.9. The highest BCUT2D eigenvalue weighted by molar-refractivity contribution is 5.86. The summed E-state index contributed by atoms with van der Waals surface area (Å²) in [6.07, 6.45) is 0. The Labute approximate surface area is 154 Å². The number of amides is 1. The van der Waals surface area contributed by atoms with E-state index in [1.54, 1.807) is 7.05 Å². The number of rotatable bonds is 6. The fraction of sp³-hybridized carbons (Fsp3) is 0.421. The minimum absolute atomic E-state index is 0.0704. The first kappa shape index (κ1) is 19.5. The van der Waals surface area contributed by atoms with Gasteiger partial charge >= 0.3 is 0 Å². The Hall–Kier alpha value is -2.83. The average Bonchev–Trinajstić information content (AvgIpc) is 2.59. The molecule has 0 aliphatic heterocycles. The molecule has 0 unspecified atom stereocenters. The second-order valence-electron chi connectivity index (χ2n) is 6.97. The number of pyridine rings is 1. The van der Waals surface area contributed by atoms with E-state index < -0.39 is 0 Å². The topological polar surface area (TPSA) is 90.4 Å². The molecule has 1 heterocycles. The van der Waals surface area contributed by atoms with Crippen LogP contribution in [0.3, 0.4) is 0 Å². The van der Waals surface area contributed by atoms with Gasteiger partial charge in [0.2, 0.25) is 5.91 Å². The molecule has 140 valence electrons. The molecular formula is C19H28N6O. The molecule has 4 N–H and O–H groups in total. The summed E-state index contributed by atoms with van der Waals surface area (Å²) in [7, 11) is 1.68. The number of carbonyl (C=O) groups is 1. The highest BCUT2D eigenvalue weighted by Crippen LogP contribution is 2.13. The van der Waals surface area contributed by atoms with Crippen LogP contribution in [0.25, 0.3) is 10.9 Å². The molecule has 7 heteroatoms. The van der Waals surface area contributed by atoms with Crippen molar-refractivity contribution >= 4 is 28.6 Å². The molecule has 1 aromatic carbocycles. The van der Waals surface area contributed by atoms with Gasteiger partial charge in [-0.05, 0) is 39.0 Å². The highest BCUT2D eigenvalue weighted by Gasteiger charge is 2.13. The molecule has 0 saturated heterocycles. The molecular weight excluding hydrogens is 328 g/mol. The van der Waals surface area contributed by atoms with Gasteiger partial charge in [-0.3, -0.25) is 9.79 Å². The molecule has 1 aromatic heterocycles. The normalized spacial score (nSPS) is 11.9. The summed E-state index contributed by atoms with van der Waals surface area (Å²) in [5.74, 6) is 1.35. The Bertz CT molecular complexity index is 766. The molecule has 0 atom stereocenters. The van der Waals surface area contributed by atoms with Crippen molar-refractivity contribution in [3.05, 3.63) is 36.4 Å². The predicted octanol–water partition coefficient (Wildman–Crippen LogP) is 1.73. The lowest BCUT2D eigenvalue weighted by molar-refractivity contribution is -0.121. The number of hydrogen-bond donors (Lipinski definition) is 4. The van der Waals surface area contributed by atoms with Crippen LogP contribution in [0.5, 0.6) is 0 Å². The van der Waals surface area contributed by atoms with Crippen molar-refractivity contribution in [2.45, 2.75) is 26.3 Å². The third-order valence-electron chi connectivity index (χ3n) is 3.48. The second-order valence-corrected chi connectivity index (χ2v) is 6.97. The van der Waals surface area contributed by atoms with Crippen LogP contribution in [-0.4, -0.2) is 49.1 Å². The van der Waals surface area contributed by atoms with Gasteiger partial charge in [0.25, 0.3) is 0 Å². The summed E-state index contributed by atoms with van der Waals surface area (Å²) in [4.78, 5) is 20.5. The van der Waals surface area contributed by atoms with Gasteiger partial charge in [-0.2, -0.15) is 0 Å². The molecule has 0 fully saturated rings. The van der Waals surface area contributed by atoms with Gasteiger partial charge in [0, 0.05) is 31.1 Å². The van der Waals surface area contributed by atoms with Gasteiger partial charge in [0.05, 0.1) is 12.1 Å².